The van der Waals surface area contributed by atoms with Crippen LogP contribution in [0.4, 0.5) is 5.69 Å². The molecule has 0 spiro atoms. The Bertz CT molecular complexity index is 484. The summed E-state index contributed by atoms with van der Waals surface area (Å²) in [5.74, 6) is 0. The van der Waals surface area contributed by atoms with Gasteiger partial charge in [-0.3, -0.25) is 4.98 Å². The molecule has 0 amide bonds. The Hall–Kier alpha value is -1.33. The number of rotatable bonds is 3. The van der Waals surface area contributed by atoms with E-state index in [-0.39, 0.29) is 11.2 Å². The lowest BCUT2D eigenvalue weighted by molar-refractivity contribution is 0.00578. The molecule has 2 rings (SSSR count). The highest BCUT2D eigenvalue weighted by molar-refractivity contribution is 6.64. The van der Waals surface area contributed by atoms with Crippen LogP contribution >= 0.6 is 0 Å². The molecule has 102 valence electrons. The Morgan fingerprint density at radius 1 is 1.32 bits per heavy atom. The minimum absolute atomic E-state index is 0.384. The third-order valence-electron chi connectivity index (χ3n) is 3.93. The standard InChI is InChI=1S/C14H21BN2O2/c1-6-7-11-12(10(16)8-9-17-11)15-18-13(2,3)14(4,5)19-15/h6,8-9H,1,7H2,2-5H3,(H2,16,17). The highest BCUT2D eigenvalue weighted by Gasteiger charge is 2.52. The van der Waals surface area contributed by atoms with Crippen LogP contribution in [0, 0.1) is 0 Å². The lowest BCUT2D eigenvalue weighted by atomic mass is 9.76. The Morgan fingerprint density at radius 2 is 1.89 bits per heavy atom. The first kappa shape index (κ1) is 14.1. The van der Waals surface area contributed by atoms with E-state index in [1.165, 1.54) is 0 Å². The third kappa shape index (κ3) is 2.40. The van der Waals surface area contributed by atoms with Crippen molar-refractivity contribution in [2.24, 2.45) is 0 Å². The molecule has 1 aliphatic rings. The van der Waals surface area contributed by atoms with Gasteiger partial charge in [-0.2, -0.15) is 0 Å². The van der Waals surface area contributed by atoms with Crippen molar-refractivity contribution in [1.82, 2.24) is 4.98 Å². The summed E-state index contributed by atoms with van der Waals surface area (Å²) in [6, 6.07) is 1.77. The van der Waals surface area contributed by atoms with Gasteiger partial charge in [0.25, 0.3) is 0 Å². The molecule has 1 fully saturated rings. The van der Waals surface area contributed by atoms with Gasteiger partial charge in [-0.05, 0) is 33.8 Å². The fourth-order valence-corrected chi connectivity index (χ4v) is 2.07. The summed E-state index contributed by atoms with van der Waals surface area (Å²) < 4.78 is 12.1. The molecule has 2 heterocycles. The first-order valence-electron chi connectivity index (χ1n) is 6.48. The molecule has 0 unspecified atom stereocenters. The molecule has 1 aromatic heterocycles. The number of hydrogen-bond donors (Lipinski definition) is 1. The zero-order chi connectivity index (χ0) is 14.3. The highest BCUT2D eigenvalue weighted by atomic mass is 16.7. The summed E-state index contributed by atoms with van der Waals surface area (Å²) >= 11 is 0. The maximum atomic E-state index is 6.07. The molecule has 0 radical (unpaired) electrons. The van der Waals surface area contributed by atoms with Crippen LogP contribution in [0.15, 0.2) is 24.9 Å². The van der Waals surface area contributed by atoms with Gasteiger partial charge in [0.05, 0.1) is 11.2 Å². The van der Waals surface area contributed by atoms with Gasteiger partial charge < -0.3 is 15.0 Å². The summed E-state index contributed by atoms with van der Waals surface area (Å²) in [6.07, 6.45) is 4.14. The molecule has 1 aromatic rings. The monoisotopic (exact) mass is 260 g/mol. The van der Waals surface area contributed by atoms with Crippen molar-refractivity contribution in [1.29, 1.82) is 0 Å². The molecule has 5 heteroatoms. The summed E-state index contributed by atoms with van der Waals surface area (Å²) in [5.41, 5.74) is 7.63. The number of anilines is 1. The molecule has 19 heavy (non-hydrogen) atoms. The Morgan fingerprint density at radius 3 is 2.42 bits per heavy atom. The molecule has 0 saturated carbocycles. The Kier molecular flexibility index (Phi) is 3.45. The zero-order valence-electron chi connectivity index (χ0n) is 12.1. The second-order valence-electron chi connectivity index (χ2n) is 5.84. The number of nitrogens with two attached hydrogens (primary N) is 1. The van der Waals surface area contributed by atoms with E-state index in [1.807, 2.05) is 27.7 Å². The van der Waals surface area contributed by atoms with E-state index >= 15 is 0 Å². The Balaban J connectivity index is 2.41. The molecule has 4 nitrogen and oxygen atoms in total. The predicted molar refractivity (Wildman–Crippen MR) is 78.3 cm³/mol. The van der Waals surface area contributed by atoms with Gasteiger partial charge in [0.1, 0.15) is 0 Å². The van der Waals surface area contributed by atoms with E-state index < -0.39 is 7.12 Å². The highest BCUT2D eigenvalue weighted by Crippen LogP contribution is 2.37. The topological polar surface area (TPSA) is 57.4 Å². The van der Waals surface area contributed by atoms with Crippen molar-refractivity contribution < 1.29 is 9.31 Å². The fourth-order valence-electron chi connectivity index (χ4n) is 2.07. The molecule has 2 N–H and O–H groups in total. The van der Waals surface area contributed by atoms with Crippen LogP contribution in [0.2, 0.25) is 0 Å². The largest absolute Gasteiger partial charge is 0.498 e. The number of pyridine rings is 1. The fraction of sp³-hybridized carbons (Fsp3) is 0.500. The predicted octanol–water partition coefficient (Wildman–Crippen LogP) is 1.69. The van der Waals surface area contributed by atoms with Crippen molar-refractivity contribution in [2.75, 3.05) is 5.73 Å². The van der Waals surface area contributed by atoms with Crippen LogP contribution in [0.3, 0.4) is 0 Å². The van der Waals surface area contributed by atoms with Gasteiger partial charge in [0.2, 0.25) is 0 Å². The number of nitrogen functional groups attached to an aromatic ring is 1. The van der Waals surface area contributed by atoms with Crippen LogP contribution < -0.4 is 11.2 Å². The van der Waals surface area contributed by atoms with E-state index in [9.17, 15) is 0 Å². The van der Waals surface area contributed by atoms with E-state index in [1.54, 1.807) is 18.3 Å². The van der Waals surface area contributed by atoms with Crippen molar-refractivity contribution in [2.45, 2.75) is 45.3 Å². The first-order chi connectivity index (χ1) is 8.78. The molecule has 0 atom stereocenters. The van der Waals surface area contributed by atoms with Gasteiger partial charge in [-0.25, -0.2) is 0 Å². The number of allylic oxidation sites excluding steroid dienone is 1. The molecular formula is C14H21BN2O2. The van der Waals surface area contributed by atoms with Crippen LogP contribution in [-0.2, 0) is 15.7 Å². The smallest absolute Gasteiger partial charge is 0.399 e. The molecule has 0 aromatic carbocycles. The molecule has 1 saturated heterocycles. The average Bonchev–Trinajstić information content (AvgIpc) is 2.48. The van der Waals surface area contributed by atoms with Gasteiger partial charge >= 0.3 is 7.12 Å². The summed E-state index contributed by atoms with van der Waals surface area (Å²) in [6.45, 7) is 11.8. The van der Waals surface area contributed by atoms with E-state index in [4.69, 9.17) is 15.0 Å². The van der Waals surface area contributed by atoms with Crippen LogP contribution in [-0.4, -0.2) is 23.3 Å². The number of hydrogen-bond acceptors (Lipinski definition) is 4. The maximum Gasteiger partial charge on any atom is 0.498 e. The van der Waals surface area contributed by atoms with Crippen LogP contribution in [0.1, 0.15) is 33.4 Å². The minimum atomic E-state index is -0.478. The third-order valence-corrected chi connectivity index (χ3v) is 3.93. The average molecular weight is 260 g/mol. The number of nitrogens with zero attached hydrogens (tertiary/aromatic N) is 1. The summed E-state index contributed by atoms with van der Waals surface area (Å²) in [7, 11) is -0.478. The normalized spacial score (nSPS) is 20.5. The zero-order valence-corrected chi connectivity index (χ0v) is 12.1. The maximum absolute atomic E-state index is 6.07. The molecular weight excluding hydrogens is 239 g/mol. The molecule has 1 aliphatic heterocycles. The van der Waals surface area contributed by atoms with Crippen molar-refractivity contribution in [3.8, 4) is 0 Å². The van der Waals surface area contributed by atoms with Gasteiger partial charge in [0.15, 0.2) is 0 Å². The lowest BCUT2D eigenvalue weighted by Gasteiger charge is -2.32. The van der Waals surface area contributed by atoms with E-state index in [0.29, 0.717) is 12.1 Å². The summed E-state index contributed by atoms with van der Waals surface area (Å²) in [5, 5.41) is 0. The van der Waals surface area contributed by atoms with Gasteiger partial charge in [-0.15, -0.1) is 6.58 Å². The van der Waals surface area contributed by atoms with Crippen LogP contribution in [0.25, 0.3) is 0 Å². The second-order valence-corrected chi connectivity index (χ2v) is 5.84. The summed E-state index contributed by atoms with van der Waals surface area (Å²) in [4.78, 5) is 4.36. The lowest BCUT2D eigenvalue weighted by Crippen LogP contribution is -2.41. The van der Waals surface area contributed by atoms with Crippen LogP contribution in [0.5, 0.6) is 0 Å². The van der Waals surface area contributed by atoms with Gasteiger partial charge in [-0.1, -0.05) is 6.08 Å². The molecule has 0 bridgehead atoms. The van der Waals surface area contributed by atoms with E-state index in [2.05, 4.69) is 11.6 Å². The minimum Gasteiger partial charge on any atom is -0.399 e. The van der Waals surface area contributed by atoms with Gasteiger partial charge in [0, 0.05) is 29.5 Å². The number of aromatic nitrogens is 1. The second kappa shape index (κ2) is 4.65. The van der Waals surface area contributed by atoms with E-state index in [0.717, 1.165) is 11.2 Å². The van der Waals surface area contributed by atoms with Crippen molar-refractivity contribution in [3.05, 3.63) is 30.6 Å². The van der Waals surface area contributed by atoms with Crippen molar-refractivity contribution in [3.63, 3.8) is 0 Å². The first-order valence-corrected chi connectivity index (χ1v) is 6.48. The molecule has 0 aliphatic carbocycles. The SMILES string of the molecule is C=CCc1nccc(N)c1B1OC(C)(C)C(C)(C)O1. The Labute approximate surface area is 115 Å². The quantitative estimate of drug-likeness (QED) is 0.663. The van der Waals surface area contributed by atoms with Crippen molar-refractivity contribution >= 4 is 18.3 Å².